The van der Waals surface area contributed by atoms with Crippen LogP contribution in [0.2, 0.25) is 0 Å². The van der Waals surface area contributed by atoms with Crippen LogP contribution in [0.25, 0.3) is 0 Å². The number of rotatable bonds is 6. The van der Waals surface area contributed by atoms with Crippen molar-refractivity contribution in [3.05, 3.63) is 48.1 Å². The molecule has 1 aromatic heterocycles. The largest absolute Gasteiger partial charge is 0.383 e. The first-order valence-electron chi connectivity index (χ1n) is 8.52. The molecule has 2 N–H and O–H groups in total. The monoisotopic (exact) mass is 348 g/mol. The number of halogens is 2. The summed E-state index contributed by atoms with van der Waals surface area (Å²) in [4.78, 5) is 3.90. The topological polar surface area (TPSA) is 63.0 Å². The van der Waals surface area contributed by atoms with E-state index < -0.39 is 17.2 Å². The molecular weight excluding hydrogens is 326 g/mol. The van der Waals surface area contributed by atoms with Gasteiger partial charge in [-0.05, 0) is 43.7 Å². The molecule has 0 radical (unpaired) electrons. The molecule has 2 aromatic rings. The Morgan fingerprint density at radius 2 is 2.08 bits per heavy atom. The minimum atomic E-state index is -1.49. The van der Waals surface area contributed by atoms with Crippen LogP contribution < -0.4 is 5.32 Å². The highest BCUT2D eigenvalue weighted by atomic mass is 19.1. The van der Waals surface area contributed by atoms with Crippen molar-refractivity contribution in [2.75, 3.05) is 7.05 Å². The summed E-state index contributed by atoms with van der Waals surface area (Å²) in [6.45, 7) is 2.03. The van der Waals surface area contributed by atoms with Crippen molar-refractivity contribution in [3.63, 3.8) is 0 Å². The first kappa shape index (κ1) is 16.6. The zero-order valence-electron chi connectivity index (χ0n) is 14.3. The third-order valence-electron chi connectivity index (χ3n) is 6.50. The van der Waals surface area contributed by atoms with E-state index in [0.29, 0.717) is 0 Å². The number of hydrogen-bond acceptors (Lipinski definition) is 4. The van der Waals surface area contributed by atoms with Gasteiger partial charge in [0.05, 0.1) is 6.54 Å². The zero-order chi connectivity index (χ0) is 17.9. The van der Waals surface area contributed by atoms with Crippen LogP contribution in [-0.2, 0) is 12.1 Å². The van der Waals surface area contributed by atoms with Gasteiger partial charge in [-0.25, -0.2) is 18.4 Å². The van der Waals surface area contributed by atoms with Crippen LogP contribution >= 0.6 is 0 Å². The number of nitrogens with one attached hydrogen (secondary N) is 1. The number of benzene rings is 1. The first-order valence-corrected chi connectivity index (χ1v) is 8.52. The molecule has 3 aliphatic carbocycles. The van der Waals surface area contributed by atoms with E-state index in [2.05, 4.69) is 15.4 Å². The minimum absolute atomic E-state index is 0.0286. The Kier molecular flexibility index (Phi) is 3.53. The van der Waals surface area contributed by atoms with Crippen LogP contribution in [-0.4, -0.2) is 32.5 Å². The van der Waals surface area contributed by atoms with Crippen molar-refractivity contribution in [1.82, 2.24) is 20.1 Å². The predicted octanol–water partition coefficient (Wildman–Crippen LogP) is 2.22. The predicted molar refractivity (Wildman–Crippen MR) is 87.5 cm³/mol. The second-order valence-electron chi connectivity index (χ2n) is 7.79. The average Bonchev–Trinajstić information content (AvgIpc) is 2.97. The van der Waals surface area contributed by atoms with Crippen LogP contribution in [0, 0.1) is 23.0 Å². The summed E-state index contributed by atoms with van der Waals surface area (Å²) in [6.07, 6.45) is 5.75. The average molecular weight is 348 g/mol. The van der Waals surface area contributed by atoms with Crippen LogP contribution in [0.1, 0.15) is 31.7 Å². The molecule has 1 unspecified atom stereocenters. The number of aliphatic hydroxyl groups is 1. The summed E-state index contributed by atoms with van der Waals surface area (Å²) < 4.78 is 29.4. The van der Waals surface area contributed by atoms with Crippen LogP contribution in [0.5, 0.6) is 0 Å². The molecule has 5 rings (SSSR count). The van der Waals surface area contributed by atoms with Crippen molar-refractivity contribution in [3.8, 4) is 0 Å². The molecule has 0 spiro atoms. The molecule has 0 aliphatic heterocycles. The standard InChI is InChI=1S/C18H22F2N4O/c1-12(16-6-17(7-16,8-16)21-2)18(25,9-24-11-22-10-23-24)14-4-3-13(19)5-15(14)20/h3-5,10-12,21,25H,6-9H2,1-2H3/t12?,16?,17?,18-/m0/s1. The highest BCUT2D eigenvalue weighted by Gasteiger charge is 2.71. The molecule has 3 fully saturated rings. The Balaban J connectivity index is 1.71. The van der Waals surface area contributed by atoms with Gasteiger partial charge in [-0.2, -0.15) is 5.10 Å². The van der Waals surface area contributed by atoms with E-state index in [9.17, 15) is 13.9 Å². The Labute approximate surface area is 145 Å². The lowest BCUT2D eigenvalue weighted by Crippen LogP contribution is -2.76. The lowest BCUT2D eigenvalue weighted by molar-refractivity contribution is -0.234. The summed E-state index contributed by atoms with van der Waals surface area (Å²) in [7, 11) is 1.95. The maximum absolute atomic E-state index is 14.5. The highest BCUT2D eigenvalue weighted by molar-refractivity contribution is 5.31. The molecule has 3 saturated carbocycles. The minimum Gasteiger partial charge on any atom is -0.383 e. The molecule has 1 aromatic carbocycles. The molecule has 2 bridgehead atoms. The fourth-order valence-corrected chi connectivity index (χ4v) is 4.95. The van der Waals surface area contributed by atoms with Crippen molar-refractivity contribution in [2.24, 2.45) is 11.3 Å². The van der Waals surface area contributed by atoms with Crippen molar-refractivity contribution < 1.29 is 13.9 Å². The smallest absolute Gasteiger partial charge is 0.137 e. The van der Waals surface area contributed by atoms with E-state index in [-0.39, 0.29) is 29.0 Å². The van der Waals surface area contributed by atoms with E-state index in [0.717, 1.165) is 25.3 Å². The summed E-state index contributed by atoms with van der Waals surface area (Å²) >= 11 is 0. The lowest BCUT2D eigenvalue weighted by Gasteiger charge is -2.74. The molecule has 3 aliphatic rings. The van der Waals surface area contributed by atoms with Gasteiger partial charge in [-0.15, -0.1) is 0 Å². The molecule has 7 heteroatoms. The third kappa shape index (κ3) is 2.33. The number of aromatic nitrogens is 3. The molecule has 134 valence electrons. The van der Waals surface area contributed by atoms with Crippen LogP contribution in [0.4, 0.5) is 8.78 Å². The van der Waals surface area contributed by atoms with Gasteiger partial charge < -0.3 is 10.4 Å². The maximum Gasteiger partial charge on any atom is 0.137 e. The molecular formula is C18H22F2N4O. The summed E-state index contributed by atoms with van der Waals surface area (Å²) in [6, 6.07) is 3.36. The van der Waals surface area contributed by atoms with Gasteiger partial charge in [0.25, 0.3) is 0 Å². The Morgan fingerprint density at radius 3 is 2.64 bits per heavy atom. The van der Waals surface area contributed by atoms with Gasteiger partial charge in [0.2, 0.25) is 0 Å². The third-order valence-corrected chi connectivity index (χ3v) is 6.50. The van der Waals surface area contributed by atoms with E-state index in [1.54, 1.807) is 0 Å². The van der Waals surface area contributed by atoms with Crippen LogP contribution in [0.15, 0.2) is 30.9 Å². The normalized spacial score (nSPS) is 30.9. The van der Waals surface area contributed by atoms with Gasteiger partial charge in [-0.1, -0.05) is 13.0 Å². The zero-order valence-corrected chi connectivity index (χ0v) is 14.3. The van der Waals surface area contributed by atoms with E-state index in [1.165, 1.54) is 29.5 Å². The summed E-state index contributed by atoms with van der Waals surface area (Å²) in [5.74, 6) is -1.60. The molecule has 5 nitrogen and oxygen atoms in total. The van der Waals surface area contributed by atoms with Gasteiger partial charge in [0.1, 0.15) is 29.9 Å². The van der Waals surface area contributed by atoms with E-state index in [1.807, 2.05) is 14.0 Å². The molecule has 0 amide bonds. The van der Waals surface area contributed by atoms with Crippen molar-refractivity contribution in [1.29, 1.82) is 0 Å². The molecule has 1 heterocycles. The second-order valence-corrected chi connectivity index (χ2v) is 7.79. The van der Waals surface area contributed by atoms with Crippen LogP contribution in [0.3, 0.4) is 0 Å². The number of nitrogens with zero attached hydrogens (tertiary/aromatic N) is 3. The van der Waals surface area contributed by atoms with Crippen molar-refractivity contribution >= 4 is 0 Å². The fourth-order valence-electron chi connectivity index (χ4n) is 4.95. The van der Waals surface area contributed by atoms with E-state index in [4.69, 9.17) is 0 Å². The van der Waals surface area contributed by atoms with Gasteiger partial charge >= 0.3 is 0 Å². The number of hydrogen-bond donors (Lipinski definition) is 2. The van der Waals surface area contributed by atoms with Crippen molar-refractivity contribution in [2.45, 2.75) is 43.9 Å². The molecule has 25 heavy (non-hydrogen) atoms. The van der Waals surface area contributed by atoms with Gasteiger partial charge in [0, 0.05) is 17.2 Å². The first-order chi connectivity index (χ1) is 11.8. The SMILES string of the molecule is CNC12CC(C(C)[C@@](O)(Cn3cncn3)c3ccc(F)cc3F)(C1)C2. The summed E-state index contributed by atoms with van der Waals surface area (Å²) in [5.41, 5.74) is -1.24. The Hall–Kier alpha value is -1.86. The quantitative estimate of drug-likeness (QED) is 0.840. The second kappa shape index (κ2) is 5.32. The fraction of sp³-hybridized carbons (Fsp3) is 0.556. The van der Waals surface area contributed by atoms with Gasteiger partial charge in [-0.3, -0.25) is 0 Å². The lowest BCUT2D eigenvalue weighted by atomic mass is 9.34. The molecule has 2 atom stereocenters. The highest BCUT2D eigenvalue weighted by Crippen LogP contribution is 2.72. The van der Waals surface area contributed by atoms with E-state index >= 15 is 0 Å². The molecule has 0 saturated heterocycles. The Morgan fingerprint density at radius 1 is 1.36 bits per heavy atom. The Bertz CT molecular complexity index is 775. The maximum atomic E-state index is 14.5. The van der Waals surface area contributed by atoms with Gasteiger partial charge in [0.15, 0.2) is 0 Å². The summed E-state index contributed by atoms with van der Waals surface area (Å²) in [5, 5.41) is 19.0.